The molecule has 0 aromatic heterocycles. The van der Waals surface area contributed by atoms with Gasteiger partial charge < -0.3 is 0 Å². The summed E-state index contributed by atoms with van der Waals surface area (Å²) in [6.45, 7) is 2.88. The minimum Gasteiger partial charge on any atom is -0.282 e. The maximum atomic E-state index is 12.8. The minimum atomic E-state index is -5.28. The molecule has 0 heterocycles. The summed E-state index contributed by atoms with van der Waals surface area (Å²) < 4.78 is 211. The van der Waals surface area contributed by atoms with E-state index in [9.17, 15) is 77.8 Å². The predicted molar refractivity (Wildman–Crippen MR) is 222 cm³/mol. The second-order valence-corrected chi connectivity index (χ2v) is 22.0. The smallest absolute Gasteiger partial charge is 0.282 e. The summed E-state index contributed by atoms with van der Waals surface area (Å²) >= 11 is 0. The van der Waals surface area contributed by atoms with Crippen molar-refractivity contribution in [2.24, 2.45) is 0 Å². The van der Waals surface area contributed by atoms with Crippen LogP contribution in [0.1, 0.15) is 11.1 Å². The molecule has 6 rings (SSSR count). The molecule has 0 aliphatic heterocycles. The first-order chi connectivity index (χ1) is 28.4. The van der Waals surface area contributed by atoms with Gasteiger partial charge in [-0.25, -0.2) is 0 Å². The molecular formula is C38H30O18S6. The Labute approximate surface area is 355 Å². The molecule has 0 radical (unpaired) electrons. The van der Waals surface area contributed by atoms with Crippen LogP contribution in [0.2, 0.25) is 0 Å². The molecule has 18 nitrogen and oxygen atoms in total. The van der Waals surface area contributed by atoms with Crippen molar-refractivity contribution in [1.29, 1.82) is 0 Å². The highest BCUT2D eigenvalue weighted by Crippen LogP contribution is 2.41. The fourth-order valence-corrected chi connectivity index (χ4v) is 11.2. The van der Waals surface area contributed by atoms with Crippen LogP contribution in [0.3, 0.4) is 0 Å². The molecule has 0 spiro atoms. The minimum absolute atomic E-state index is 0.0977. The van der Waals surface area contributed by atoms with Crippen molar-refractivity contribution in [3.63, 3.8) is 0 Å². The Balaban J connectivity index is 1.52. The van der Waals surface area contributed by atoms with Crippen LogP contribution in [0.4, 0.5) is 0 Å². The summed E-state index contributed by atoms with van der Waals surface area (Å²) in [5.74, 6) is 0. The summed E-state index contributed by atoms with van der Waals surface area (Å²) in [6.07, 6.45) is 0. The van der Waals surface area contributed by atoms with Gasteiger partial charge in [0, 0.05) is 27.8 Å². The van der Waals surface area contributed by atoms with E-state index in [1.807, 2.05) is 0 Å². The molecule has 0 aliphatic rings. The van der Waals surface area contributed by atoms with Crippen LogP contribution < -0.4 is 0 Å². The summed E-state index contributed by atoms with van der Waals surface area (Å²) in [6, 6.07) is 19.3. The van der Waals surface area contributed by atoms with Gasteiger partial charge in [0.1, 0.15) is 24.5 Å². The second kappa shape index (κ2) is 15.8. The van der Waals surface area contributed by atoms with Crippen LogP contribution >= 0.6 is 0 Å². The quantitative estimate of drug-likeness (QED) is 0.0796. The lowest BCUT2D eigenvalue weighted by molar-refractivity contribution is 0.480. The number of hydrogen-bond donors (Lipinski definition) is 6. The highest BCUT2D eigenvalue weighted by molar-refractivity contribution is 7.87. The maximum Gasteiger partial charge on any atom is 0.295 e. The van der Waals surface area contributed by atoms with E-state index >= 15 is 0 Å². The lowest BCUT2D eigenvalue weighted by Crippen LogP contribution is -2.06. The van der Waals surface area contributed by atoms with Gasteiger partial charge in [0.25, 0.3) is 60.7 Å². The Hall–Kier alpha value is -5.22. The molecule has 24 heteroatoms. The summed E-state index contributed by atoms with van der Waals surface area (Å²) in [5, 5.41) is 0. The molecule has 0 aliphatic carbocycles. The van der Waals surface area contributed by atoms with Crippen molar-refractivity contribution < 1.29 is 77.8 Å². The van der Waals surface area contributed by atoms with Crippen LogP contribution in [-0.2, 0) is 60.7 Å². The van der Waals surface area contributed by atoms with E-state index in [0.29, 0.717) is 5.56 Å². The summed E-state index contributed by atoms with van der Waals surface area (Å²) in [5.41, 5.74) is -2.14. The van der Waals surface area contributed by atoms with Gasteiger partial charge in [0.2, 0.25) is 0 Å². The summed E-state index contributed by atoms with van der Waals surface area (Å²) in [4.78, 5) is -4.77. The molecule has 0 bridgehead atoms. The Morgan fingerprint density at radius 2 is 0.484 bits per heavy atom. The van der Waals surface area contributed by atoms with E-state index in [-0.39, 0.29) is 50.1 Å². The zero-order chi connectivity index (χ0) is 46.1. The van der Waals surface area contributed by atoms with Gasteiger partial charge in [-0.3, -0.25) is 27.3 Å². The maximum absolute atomic E-state index is 12.8. The van der Waals surface area contributed by atoms with Crippen molar-refractivity contribution in [1.82, 2.24) is 0 Å². The monoisotopic (exact) mass is 966 g/mol. The first-order valence-electron chi connectivity index (χ1n) is 17.0. The number of benzene rings is 6. The van der Waals surface area contributed by atoms with Crippen molar-refractivity contribution in [3.8, 4) is 55.6 Å². The lowest BCUT2D eigenvalue weighted by atomic mass is 9.95. The number of hydrogen-bond acceptors (Lipinski definition) is 12. The Kier molecular flexibility index (Phi) is 11.8. The molecule has 0 saturated heterocycles. The van der Waals surface area contributed by atoms with Crippen molar-refractivity contribution in [2.45, 2.75) is 43.2 Å². The molecule has 0 amide bonds. The van der Waals surface area contributed by atoms with E-state index in [2.05, 4.69) is 0 Å². The van der Waals surface area contributed by atoms with Gasteiger partial charge in [0.15, 0.2) is 0 Å². The van der Waals surface area contributed by atoms with E-state index in [0.717, 1.165) is 78.9 Å². The van der Waals surface area contributed by atoms with Crippen molar-refractivity contribution >= 4 is 60.7 Å². The van der Waals surface area contributed by atoms with Crippen molar-refractivity contribution in [2.75, 3.05) is 0 Å². The first kappa shape index (κ1) is 46.3. The molecule has 0 unspecified atom stereocenters. The largest absolute Gasteiger partial charge is 0.295 e. The van der Waals surface area contributed by atoms with Crippen LogP contribution in [0.5, 0.6) is 0 Å². The molecule has 0 saturated carbocycles. The molecule has 6 aromatic rings. The highest BCUT2D eigenvalue weighted by Gasteiger charge is 2.27. The molecule has 0 fully saturated rings. The van der Waals surface area contributed by atoms with Gasteiger partial charge in [-0.05, 0) is 89.2 Å². The third-order valence-electron chi connectivity index (χ3n) is 9.47. The topological polar surface area (TPSA) is 326 Å². The third kappa shape index (κ3) is 9.55. The van der Waals surface area contributed by atoms with E-state index in [1.165, 1.54) is 44.2 Å². The van der Waals surface area contributed by atoms with Gasteiger partial charge in [-0.2, -0.15) is 50.5 Å². The fraction of sp³-hybridized carbons (Fsp3) is 0.0526. The molecular weight excluding hydrogens is 937 g/mol. The van der Waals surface area contributed by atoms with Crippen LogP contribution in [0, 0.1) is 13.8 Å². The van der Waals surface area contributed by atoms with E-state index in [1.54, 1.807) is 0 Å². The van der Waals surface area contributed by atoms with Gasteiger partial charge in [-0.15, -0.1) is 0 Å². The lowest BCUT2D eigenvalue weighted by Gasteiger charge is -2.16. The van der Waals surface area contributed by atoms with Gasteiger partial charge in [-0.1, -0.05) is 72.8 Å². The molecule has 0 atom stereocenters. The third-order valence-corrected chi connectivity index (χ3v) is 14.9. The van der Waals surface area contributed by atoms with Crippen molar-refractivity contribution in [3.05, 3.63) is 120 Å². The molecule has 6 aromatic carbocycles. The van der Waals surface area contributed by atoms with Gasteiger partial charge >= 0.3 is 0 Å². The molecule has 6 N–H and O–H groups in total. The van der Waals surface area contributed by atoms with Crippen LogP contribution in [0.15, 0.2) is 139 Å². The predicted octanol–water partition coefficient (Wildman–Crippen LogP) is 6.12. The SMILES string of the molecule is Cc1ccc(-c2ccc(-c3ccc(-c4ccc(-c5ccc(-c6ccc(C)c(S(=O)(=O)O)c6)c(S(=O)(=O)O)c5)c(S(=O)(=O)O)c4)c(S(=O)(=O)O)c3)c(S(=O)(=O)O)c2)c(S(=O)(=O)O)c1. The van der Waals surface area contributed by atoms with E-state index in [4.69, 9.17) is 0 Å². The standard InChI is InChI=1S/C38H30O18S6/c1-21-3-10-28(34(15-21)58(42,43)44)24-6-12-30(36(17-24)60(48,49)50)26-8-14-32(38(19-26)62(54,55)56)27-9-13-31(37(20-27)61(51,52)53)25-7-11-29(35(18-25)59(45,46)47)23-5-4-22(2)33(16-23)57(39,40)41/h3-20H,1-2H3,(H,39,40,41)(H,42,43,44)(H,45,46,47)(H,48,49,50)(H,51,52,53)(H,54,55,56). The Bertz CT molecular complexity index is 3580. The number of aryl methyl sites for hydroxylation is 2. The zero-order valence-electron chi connectivity index (χ0n) is 31.4. The highest BCUT2D eigenvalue weighted by atomic mass is 32.2. The van der Waals surface area contributed by atoms with E-state index < -0.39 is 101 Å². The zero-order valence-corrected chi connectivity index (χ0v) is 36.3. The molecule has 326 valence electrons. The first-order valence-corrected chi connectivity index (χ1v) is 25.6. The second-order valence-electron chi connectivity index (χ2n) is 13.7. The normalized spacial score (nSPS) is 13.0. The fourth-order valence-electron chi connectivity index (χ4n) is 6.69. The number of rotatable bonds is 11. The average molecular weight is 967 g/mol. The average Bonchev–Trinajstić information content (AvgIpc) is 3.15. The van der Waals surface area contributed by atoms with Gasteiger partial charge in [0.05, 0.1) is 4.90 Å². The summed E-state index contributed by atoms with van der Waals surface area (Å²) in [7, 11) is -30.5. The Morgan fingerprint density at radius 1 is 0.274 bits per heavy atom. The van der Waals surface area contributed by atoms with Crippen LogP contribution in [-0.4, -0.2) is 77.8 Å². The Morgan fingerprint density at radius 3 is 0.742 bits per heavy atom. The van der Waals surface area contributed by atoms with Crippen LogP contribution in [0.25, 0.3) is 55.6 Å². The molecule has 62 heavy (non-hydrogen) atoms.